The van der Waals surface area contributed by atoms with E-state index in [0.29, 0.717) is 25.0 Å². The predicted octanol–water partition coefficient (Wildman–Crippen LogP) is 3.65. The number of hydrogen-bond acceptors (Lipinski definition) is 4. The number of hydrogen-bond donors (Lipinski definition) is 0. The molecule has 0 radical (unpaired) electrons. The summed E-state index contributed by atoms with van der Waals surface area (Å²) in [7, 11) is 1.69. The van der Waals surface area contributed by atoms with Crippen molar-refractivity contribution in [3.05, 3.63) is 28.3 Å². The van der Waals surface area contributed by atoms with Gasteiger partial charge in [0.1, 0.15) is 12.4 Å². The van der Waals surface area contributed by atoms with Crippen LogP contribution in [-0.4, -0.2) is 55.7 Å². The van der Waals surface area contributed by atoms with Gasteiger partial charge in [-0.15, -0.1) is 0 Å². The molecule has 0 bridgehead atoms. The number of methoxy groups -OCH3 is 1. The Morgan fingerprint density at radius 1 is 1.26 bits per heavy atom. The molecule has 5 heteroatoms. The van der Waals surface area contributed by atoms with Gasteiger partial charge >= 0.3 is 0 Å². The zero-order valence-corrected chi connectivity index (χ0v) is 18.0. The summed E-state index contributed by atoms with van der Waals surface area (Å²) in [6.45, 7) is 9.47. The number of benzene rings is 1. The van der Waals surface area contributed by atoms with E-state index in [0.717, 1.165) is 49.6 Å². The zero-order chi connectivity index (χ0) is 19.4. The summed E-state index contributed by atoms with van der Waals surface area (Å²) in [6.07, 6.45) is 3.16. The molecule has 2 aliphatic rings. The number of thioether (sulfide) groups is 1. The van der Waals surface area contributed by atoms with Crippen LogP contribution in [0.1, 0.15) is 35.6 Å². The third kappa shape index (κ3) is 4.62. The second kappa shape index (κ2) is 9.33. The third-order valence-corrected chi connectivity index (χ3v) is 7.15. The normalized spacial score (nSPS) is 20.9. The molecule has 0 saturated carbocycles. The molecule has 0 spiro atoms. The molecular formula is C22H33NO3S. The highest BCUT2D eigenvalue weighted by molar-refractivity contribution is 7.99. The molecule has 4 nitrogen and oxygen atoms in total. The Hall–Kier alpha value is -1.20. The smallest absolute Gasteiger partial charge is 0.225 e. The Balaban J connectivity index is 1.74. The number of carbonyl (C=O) groups excluding carboxylic acids is 1. The lowest BCUT2D eigenvalue weighted by atomic mass is 9.74. The van der Waals surface area contributed by atoms with Crippen LogP contribution in [0.15, 0.2) is 6.07 Å². The molecule has 3 rings (SSSR count). The maximum Gasteiger partial charge on any atom is 0.225 e. The van der Waals surface area contributed by atoms with Crippen molar-refractivity contribution < 1.29 is 14.3 Å². The van der Waals surface area contributed by atoms with Gasteiger partial charge in [0.2, 0.25) is 5.91 Å². The highest BCUT2D eigenvalue weighted by Crippen LogP contribution is 2.38. The largest absolute Gasteiger partial charge is 0.491 e. The van der Waals surface area contributed by atoms with Gasteiger partial charge in [0.25, 0.3) is 0 Å². The van der Waals surface area contributed by atoms with Crippen LogP contribution in [0.5, 0.6) is 5.75 Å². The van der Waals surface area contributed by atoms with E-state index in [4.69, 9.17) is 9.47 Å². The molecule has 1 aromatic rings. The third-order valence-electron chi connectivity index (χ3n) is 6.21. The minimum absolute atomic E-state index is 0.0963. The molecule has 1 amide bonds. The summed E-state index contributed by atoms with van der Waals surface area (Å²) in [4.78, 5) is 15.1. The first-order valence-electron chi connectivity index (χ1n) is 10.1. The number of carbonyl (C=O) groups is 1. The molecule has 0 N–H and O–H groups in total. The molecule has 1 saturated heterocycles. The number of amides is 1. The summed E-state index contributed by atoms with van der Waals surface area (Å²) in [6, 6.07) is 2.17. The molecule has 2 atom stereocenters. The van der Waals surface area contributed by atoms with Gasteiger partial charge in [-0.2, -0.15) is 11.8 Å². The number of rotatable bonds is 6. The Kier molecular flexibility index (Phi) is 7.10. The summed E-state index contributed by atoms with van der Waals surface area (Å²) in [5, 5.41) is 0. The molecule has 1 aliphatic heterocycles. The Morgan fingerprint density at radius 2 is 2.00 bits per heavy atom. The highest BCUT2D eigenvalue weighted by atomic mass is 32.2. The van der Waals surface area contributed by atoms with Crippen LogP contribution in [0, 0.1) is 25.7 Å². The molecule has 1 fully saturated rings. The van der Waals surface area contributed by atoms with Gasteiger partial charge in [-0.1, -0.05) is 6.92 Å². The first kappa shape index (κ1) is 20.5. The lowest BCUT2D eigenvalue weighted by Crippen LogP contribution is -2.43. The standard InChI is InChI=1S/C22H33NO3S/c1-15-13-21(26-10-9-25-4)17(3)20-14-18(5-6-19(15)20)16(2)22(24)23-7-11-27-12-8-23/h13,16,18H,5-12,14H2,1-4H3. The molecule has 27 heavy (non-hydrogen) atoms. The van der Waals surface area contributed by atoms with Crippen molar-refractivity contribution in [1.29, 1.82) is 0 Å². The average Bonchev–Trinajstić information content (AvgIpc) is 2.71. The van der Waals surface area contributed by atoms with Crippen LogP contribution in [0.4, 0.5) is 0 Å². The molecule has 1 aromatic carbocycles. The van der Waals surface area contributed by atoms with Crippen molar-refractivity contribution in [1.82, 2.24) is 4.90 Å². The van der Waals surface area contributed by atoms with Crippen LogP contribution in [0.2, 0.25) is 0 Å². The van der Waals surface area contributed by atoms with E-state index in [2.05, 4.69) is 31.7 Å². The van der Waals surface area contributed by atoms with Gasteiger partial charge in [0.05, 0.1) is 6.61 Å². The summed E-state index contributed by atoms with van der Waals surface area (Å²) < 4.78 is 11.1. The van der Waals surface area contributed by atoms with E-state index < -0.39 is 0 Å². The minimum Gasteiger partial charge on any atom is -0.491 e. The quantitative estimate of drug-likeness (QED) is 0.694. The lowest BCUT2D eigenvalue weighted by Gasteiger charge is -2.35. The lowest BCUT2D eigenvalue weighted by molar-refractivity contribution is -0.136. The Bertz CT molecular complexity index is 670. The van der Waals surface area contributed by atoms with Crippen LogP contribution < -0.4 is 4.74 Å². The maximum absolute atomic E-state index is 13.0. The topological polar surface area (TPSA) is 38.8 Å². The first-order valence-corrected chi connectivity index (χ1v) is 11.3. The van der Waals surface area contributed by atoms with Crippen LogP contribution in [0.3, 0.4) is 0 Å². The van der Waals surface area contributed by atoms with Gasteiger partial charge in [-0.3, -0.25) is 4.79 Å². The van der Waals surface area contributed by atoms with E-state index in [1.165, 1.54) is 22.3 Å². The second-order valence-corrected chi connectivity index (χ2v) is 9.07. The van der Waals surface area contributed by atoms with Gasteiger partial charge < -0.3 is 14.4 Å². The fraction of sp³-hybridized carbons (Fsp3) is 0.682. The van der Waals surface area contributed by atoms with Crippen molar-refractivity contribution in [2.75, 3.05) is 44.9 Å². The molecule has 1 heterocycles. The van der Waals surface area contributed by atoms with E-state index >= 15 is 0 Å². The van der Waals surface area contributed by atoms with E-state index in [-0.39, 0.29) is 5.92 Å². The Labute approximate surface area is 168 Å². The fourth-order valence-electron chi connectivity index (χ4n) is 4.41. The number of fused-ring (bicyclic) bond motifs is 1. The summed E-state index contributed by atoms with van der Waals surface area (Å²) in [5.74, 6) is 3.99. The molecular weight excluding hydrogens is 358 g/mol. The predicted molar refractivity (Wildman–Crippen MR) is 112 cm³/mol. The zero-order valence-electron chi connectivity index (χ0n) is 17.2. The fourth-order valence-corrected chi connectivity index (χ4v) is 5.31. The first-order chi connectivity index (χ1) is 13.0. The average molecular weight is 392 g/mol. The minimum atomic E-state index is 0.0963. The maximum atomic E-state index is 13.0. The van der Waals surface area contributed by atoms with E-state index in [9.17, 15) is 4.79 Å². The number of ether oxygens (including phenoxy) is 2. The molecule has 2 unspecified atom stereocenters. The van der Waals surface area contributed by atoms with Crippen LogP contribution >= 0.6 is 11.8 Å². The second-order valence-electron chi connectivity index (χ2n) is 7.84. The van der Waals surface area contributed by atoms with Crippen molar-refractivity contribution in [2.45, 2.75) is 40.0 Å². The molecule has 0 aromatic heterocycles. The number of nitrogens with zero attached hydrogens (tertiary/aromatic N) is 1. The summed E-state index contributed by atoms with van der Waals surface area (Å²) in [5.41, 5.74) is 5.43. The van der Waals surface area contributed by atoms with Crippen molar-refractivity contribution in [2.24, 2.45) is 11.8 Å². The van der Waals surface area contributed by atoms with Gasteiger partial charge in [0.15, 0.2) is 0 Å². The number of aryl methyl sites for hydroxylation is 1. The molecule has 150 valence electrons. The van der Waals surface area contributed by atoms with Crippen molar-refractivity contribution in [3.8, 4) is 5.75 Å². The monoisotopic (exact) mass is 391 g/mol. The van der Waals surface area contributed by atoms with E-state index in [1.54, 1.807) is 7.11 Å². The SMILES string of the molecule is COCCOc1cc(C)c2c(c1C)CC(C(C)C(=O)N1CCSCC1)CC2. The Morgan fingerprint density at radius 3 is 2.70 bits per heavy atom. The van der Waals surface area contributed by atoms with E-state index in [1.807, 2.05) is 11.8 Å². The van der Waals surface area contributed by atoms with Gasteiger partial charge in [0, 0.05) is 37.6 Å². The van der Waals surface area contributed by atoms with Gasteiger partial charge in [-0.25, -0.2) is 0 Å². The molecule has 1 aliphatic carbocycles. The summed E-state index contributed by atoms with van der Waals surface area (Å²) >= 11 is 1.95. The van der Waals surface area contributed by atoms with Crippen LogP contribution in [-0.2, 0) is 22.4 Å². The van der Waals surface area contributed by atoms with Crippen molar-refractivity contribution >= 4 is 17.7 Å². The van der Waals surface area contributed by atoms with Gasteiger partial charge in [-0.05, 0) is 67.3 Å². The highest BCUT2D eigenvalue weighted by Gasteiger charge is 2.32. The van der Waals surface area contributed by atoms with Crippen LogP contribution in [0.25, 0.3) is 0 Å². The van der Waals surface area contributed by atoms with Crippen molar-refractivity contribution in [3.63, 3.8) is 0 Å².